The Balaban J connectivity index is 2.08. The molecule has 3 rings (SSSR count). The lowest BCUT2D eigenvalue weighted by molar-refractivity contribution is 0.466. The van der Waals surface area contributed by atoms with Gasteiger partial charge in [-0.2, -0.15) is 15.5 Å². The minimum atomic E-state index is -1.59. The molecule has 0 atom stereocenters. The van der Waals surface area contributed by atoms with Crippen LogP contribution in [-0.2, 0) is 8.23 Å². The molecule has 2 aromatic heterocycles. The fraction of sp³-hybridized carbons (Fsp3) is 0.125. The zero-order valence-corrected chi connectivity index (χ0v) is 17.6. The van der Waals surface area contributed by atoms with E-state index in [1.807, 2.05) is 11.4 Å². The van der Waals surface area contributed by atoms with Gasteiger partial charge in [0.25, 0.3) is 0 Å². The summed E-state index contributed by atoms with van der Waals surface area (Å²) >= 11 is 4.83. The molecular weight excluding hydrogens is 567 g/mol. The number of rotatable bonds is 4. The molecule has 0 fully saturated rings. The van der Waals surface area contributed by atoms with Crippen LogP contribution in [0.5, 0.6) is 0 Å². The van der Waals surface area contributed by atoms with Crippen molar-refractivity contribution < 1.29 is 4.39 Å². The highest BCUT2D eigenvalue weighted by molar-refractivity contribution is 14.2. The van der Waals surface area contributed by atoms with Crippen molar-refractivity contribution in [2.24, 2.45) is 0 Å². The van der Waals surface area contributed by atoms with E-state index in [0.717, 1.165) is 0 Å². The van der Waals surface area contributed by atoms with Crippen molar-refractivity contribution in [1.82, 2.24) is 9.97 Å². The number of hydrogen-bond acceptors (Lipinski definition) is 6. The summed E-state index contributed by atoms with van der Waals surface area (Å²) in [5.41, 5.74) is 1.79. The molecule has 0 saturated carbocycles. The number of benzene rings is 1. The smallest absolute Gasteiger partial charge is 0.235 e. The second-order valence-electron chi connectivity index (χ2n) is 4.96. The Morgan fingerprint density at radius 1 is 1.20 bits per heavy atom. The van der Waals surface area contributed by atoms with Gasteiger partial charge in [0.15, 0.2) is 12.0 Å². The van der Waals surface area contributed by atoms with E-state index in [9.17, 15) is 9.65 Å². The number of fused-ring (bicyclic) bond motifs is 1. The molecular formula is C16H8FI2N5S. The number of halogens is 3. The van der Waals surface area contributed by atoms with Gasteiger partial charge in [-0.1, -0.05) is 24.3 Å². The quantitative estimate of drug-likeness (QED) is 0.190. The first-order valence-corrected chi connectivity index (χ1v) is 9.95. The normalized spacial score (nSPS) is 11.1. The molecule has 0 bridgehead atoms. The zero-order valence-electron chi connectivity index (χ0n) is 12.4. The third-order valence-electron chi connectivity index (χ3n) is 3.41. The Kier molecular flexibility index (Phi) is 5.36. The summed E-state index contributed by atoms with van der Waals surface area (Å²) in [4.78, 5) is 9.69. The van der Waals surface area contributed by atoms with Gasteiger partial charge in [-0.05, 0) is 62.2 Å². The summed E-state index contributed by atoms with van der Waals surface area (Å²) in [6, 6.07) is 10.7. The molecule has 9 heteroatoms. The lowest BCUT2D eigenvalue weighted by Gasteiger charge is -2.20. The van der Waals surface area contributed by atoms with E-state index in [-0.39, 0.29) is 12.4 Å². The van der Waals surface area contributed by atoms with Crippen molar-refractivity contribution in [2.75, 3.05) is 4.90 Å². The highest BCUT2D eigenvalue weighted by atomic mass is 127. The highest BCUT2D eigenvalue weighted by Gasteiger charge is 2.27. The summed E-state index contributed by atoms with van der Waals surface area (Å²) in [7, 11) is 0. The van der Waals surface area contributed by atoms with Crippen LogP contribution in [0.1, 0.15) is 17.0 Å². The predicted molar refractivity (Wildman–Crippen MR) is 111 cm³/mol. The molecule has 2 heterocycles. The average molecular weight is 575 g/mol. The van der Waals surface area contributed by atoms with Gasteiger partial charge in [0.1, 0.15) is 6.07 Å². The molecule has 0 spiro atoms. The van der Waals surface area contributed by atoms with Crippen LogP contribution in [0.4, 0.5) is 10.2 Å². The number of aromatic nitrogens is 2. The maximum absolute atomic E-state index is 14.5. The minimum absolute atomic E-state index is 0.00273. The van der Waals surface area contributed by atoms with Crippen molar-refractivity contribution >= 4 is 72.6 Å². The van der Waals surface area contributed by atoms with E-state index in [4.69, 9.17) is 5.26 Å². The average Bonchev–Trinajstić information content (AvgIpc) is 3.06. The second-order valence-corrected chi connectivity index (χ2v) is 10.9. The van der Waals surface area contributed by atoms with Crippen molar-refractivity contribution in [1.29, 1.82) is 10.5 Å². The SMILES string of the molecule is N#Cc1nc(N(C#N)Cc2ccccc2C(F)(I)I)c2sccc2n1. The van der Waals surface area contributed by atoms with Gasteiger partial charge in [0.2, 0.25) is 7.51 Å². The van der Waals surface area contributed by atoms with E-state index in [1.54, 1.807) is 75.5 Å². The van der Waals surface area contributed by atoms with Crippen molar-refractivity contribution in [3.63, 3.8) is 0 Å². The Labute approximate surface area is 174 Å². The molecule has 1 aromatic carbocycles. The molecule has 3 aromatic rings. The van der Waals surface area contributed by atoms with E-state index < -0.39 is 1.68 Å². The fourth-order valence-corrected chi connectivity index (χ4v) is 4.22. The van der Waals surface area contributed by atoms with Crippen LogP contribution in [-0.4, -0.2) is 9.97 Å². The van der Waals surface area contributed by atoms with Crippen LogP contribution in [0.25, 0.3) is 10.2 Å². The summed E-state index contributed by atoms with van der Waals surface area (Å²) in [6.45, 7) is 0.152. The first kappa shape index (κ1) is 18.2. The van der Waals surface area contributed by atoms with E-state index in [0.29, 0.717) is 27.2 Å². The maximum Gasteiger partial charge on any atom is 0.235 e. The molecule has 25 heavy (non-hydrogen) atoms. The lowest BCUT2D eigenvalue weighted by Crippen LogP contribution is -2.20. The number of nitrogens with zero attached hydrogens (tertiary/aromatic N) is 5. The molecule has 0 aliphatic heterocycles. The van der Waals surface area contributed by atoms with Gasteiger partial charge in [-0.15, -0.1) is 11.3 Å². The standard InChI is InChI=1S/C16H8FI2N5S/c17-16(18,19)11-4-2-1-3-10(11)8-24(9-21)15-14-12(5-6-25-14)22-13(7-20)23-15/h1-6H,8H2. The maximum atomic E-state index is 14.5. The zero-order chi connectivity index (χ0) is 18.0. The monoisotopic (exact) mass is 575 g/mol. The predicted octanol–water partition coefficient (Wildman–Crippen LogP) is 5.00. The molecule has 0 unspecified atom stereocenters. The summed E-state index contributed by atoms with van der Waals surface area (Å²) in [5, 5.41) is 20.6. The van der Waals surface area contributed by atoms with Crippen LogP contribution in [0.3, 0.4) is 0 Å². The third kappa shape index (κ3) is 3.83. The molecule has 0 aliphatic carbocycles. The van der Waals surface area contributed by atoms with Gasteiger partial charge in [-0.3, -0.25) is 4.90 Å². The third-order valence-corrected chi connectivity index (χ3v) is 5.48. The van der Waals surface area contributed by atoms with Crippen molar-refractivity contribution in [3.8, 4) is 12.3 Å². The first-order chi connectivity index (χ1) is 11.9. The first-order valence-electron chi connectivity index (χ1n) is 6.91. The summed E-state index contributed by atoms with van der Waals surface area (Å²) in [6.07, 6.45) is 2.09. The minimum Gasteiger partial charge on any atom is -0.257 e. The molecule has 124 valence electrons. The van der Waals surface area contributed by atoms with Gasteiger partial charge >= 0.3 is 0 Å². The Morgan fingerprint density at radius 2 is 1.96 bits per heavy atom. The van der Waals surface area contributed by atoms with Gasteiger partial charge in [0.05, 0.1) is 16.8 Å². The lowest BCUT2D eigenvalue weighted by atomic mass is 10.1. The summed E-state index contributed by atoms with van der Waals surface area (Å²) < 4.78 is 13.6. The van der Waals surface area contributed by atoms with Crippen LogP contribution >= 0.6 is 56.5 Å². The van der Waals surface area contributed by atoms with Crippen molar-refractivity contribution in [2.45, 2.75) is 8.23 Å². The molecule has 5 nitrogen and oxygen atoms in total. The number of hydrogen-bond donors (Lipinski definition) is 0. The Morgan fingerprint density at radius 3 is 2.64 bits per heavy atom. The number of anilines is 1. The number of thiophene rings is 1. The van der Waals surface area contributed by atoms with E-state index in [2.05, 4.69) is 16.2 Å². The second kappa shape index (κ2) is 7.35. The number of alkyl halides is 3. The topological polar surface area (TPSA) is 76.6 Å². The molecule has 0 N–H and O–H groups in total. The van der Waals surface area contributed by atoms with Crippen LogP contribution < -0.4 is 4.90 Å². The Hall–Kier alpha value is -1.57. The highest BCUT2D eigenvalue weighted by Crippen LogP contribution is 2.42. The van der Waals surface area contributed by atoms with Gasteiger partial charge < -0.3 is 0 Å². The largest absolute Gasteiger partial charge is 0.257 e. The number of nitriles is 2. The molecule has 0 aliphatic rings. The van der Waals surface area contributed by atoms with E-state index in [1.165, 1.54) is 16.2 Å². The van der Waals surface area contributed by atoms with Gasteiger partial charge in [-0.25, -0.2) is 9.37 Å². The van der Waals surface area contributed by atoms with Crippen LogP contribution in [0, 0.1) is 22.8 Å². The van der Waals surface area contributed by atoms with Crippen LogP contribution in [0.2, 0.25) is 0 Å². The molecule has 0 amide bonds. The summed E-state index contributed by atoms with van der Waals surface area (Å²) in [5.74, 6) is 0.359. The fourth-order valence-electron chi connectivity index (χ4n) is 2.34. The van der Waals surface area contributed by atoms with Gasteiger partial charge in [0, 0.05) is 5.56 Å². The molecule has 0 saturated heterocycles. The van der Waals surface area contributed by atoms with E-state index >= 15 is 0 Å². The van der Waals surface area contributed by atoms with Crippen molar-refractivity contribution in [3.05, 3.63) is 52.7 Å². The Bertz CT molecular complexity index is 1020. The van der Waals surface area contributed by atoms with Crippen LogP contribution in [0.15, 0.2) is 35.7 Å². The molecule has 0 radical (unpaired) electrons.